The number of ether oxygens (including phenoxy) is 2. The van der Waals surface area contributed by atoms with Crippen molar-refractivity contribution in [3.05, 3.63) is 0 Å². The van der Waals surface area contributed by atoms with Crippen LogP contribution in [0.1, 0.15) is 33.1 Å². The SMILES string of the molecule is CCNC(C)CCCOCC1CCOC1. The third-order valence-electron chi connectivity index (χ3n) is 2.86. The van der Waals surface area contributed by atoms with Gasteiger partial charge in [0.25, 0.3) is 0 Å². The van der Waals surface area contributed by atoms with Crippen LogP contribution in [0.25, 0.3) is 0 Å². The van der Waals surface area contributed by atoms with Gasteiger partial charge in [0.15, 0.2) is 0 Å². The minimum atomic E-state index is 0.619. The second-order valence-corrected chi connectivity index (χ2v) is 4.41. The van der Waals surface area contributed by atoms with Crippen LogP contribution < -0.4 is 5.32 Å². The van der Waals surface area contributed by atoms with Crippen LogP contribution in [0.15, 0.2) is 0 Å². The van der Waals surface area contributed by atoms with Crippen molar-refractivity contribution >= 4 is 0 Å². The summed E-state index contributed by atoms with van der Waals surface area (Å²) in [5.41, 5.74) is 0. The van der Waals surface area contributed by atoms with E-state index in [4.69, 9.17) is 9.47 Å². The van der Waals surface area contributed by atoms with Gasteiger partial charge < -0.3 is 14.8 Å². The van der Waals surface area contributed by atoms with Gasteiger partial charge in [-0.2, -0.15) is 0 Å². The molecule has 1 aliphatic heterocycles. The Balaban J connectivity index is 1.84. The van der Waals surface area contributed by atoms with Gasteiger partial charge in [0.2, 0.25) is 0 Å². The monoisotopic (exact) mass is 215 g/mol. The van der Waals surface area contributed by atoms with E-state index in [1.807, 2.05) is 0 Å². The Kier molecular flexibility index (Phi) is 6.98. The Bertz CT molecular complexity index is 147. The Morgan fingerprint density at radius 2 is 2.40 bits per heavy atom. The summed E-state index contributed by atoms with van der Waals surface area (Å²) in [5, 5.41) is 3.40. The normalized spacial score (nSPS) is 23.2. The average molecular weight is 215 g/mol. The molecular formula is C12H25NO2. The molecule has 1 saturated heterocycles. The molecule has 0 saturated carbocycles. The van der Waals surface area contributed by atoms with Gasteiger partial charge in [0, 0.05) is 25.2 Å². The first-order chi connectivity index (χ1) is 7.33. The molecule has 1 fully saturated rings. The smallest absolute Gasteiger partial charge is 0.0517 e. The van der Waals surface area contributed by atoms with E-state index in [-0.39, 0.29) is 0 Å². The third kappa shape index (κ3) is 6.13. The topological polar surface area (TPSA) is 30.5 Å². The Hall–Kier alpha value is -0.120. The third-order valence-corrected chi connectivity index (χ3v) is 2.86. The molecule has 2 unspecified atom stereocenters. The lowest BCUT2D eigenvalue weighted by molar-refractivity contribution is 0.0863. The summed E-state index contributed by atoms with van der Waals surface area (Å²) in [6, 6.07) is 0.619. The van der Waals surface area contributed by atoms with Crippen LogP contribution in [0.3, 0.4) is 0 Å². The lowest BCUT2D eigenvalue weighted by Gasteiger charge is -2.12. The molecule has 0 spiro atoms. The van der Waals surface area contributed by atoms with Crippen molar-refractivity contribution in [2.75, 3.05) is 33.0 Å². The Morgan fingerprint density at radius 1 is 1.53 bits per heavy atom. The molecule has 3 heteroatoms. The summed E-state index contributed by atoms with van der Waals surface area (Å²) in [4.78, 5) is 0. The molecule has 1 N–H and O–H groups in total. The van der Waals surface area contributed by atoms with Crippen LogP contribution in [0.2, 0.25) is 0 Å². The highest BCUT2D eigenvalue weighted by Crippen LogP contribution is 2.12. The summed E-state index contributed by atoms with van der Waals surface area (Å²) in [6.07, 6.45) is 3.53. The minimum Gasteiger partial charge on any atom is -0.381 e. The fourth-order valence-corrected chi connectivity index (χ4v) is 1.91. The summed E-state index contributed by atoms with van der Waals surface area (Å²) in [5.74, 6) is 0.649. The van der Waals surface area contributed by atoms with E-state index in [0.29, 0.717) is 12.0 Å². The number of nitrogens with one attached hydrogen (secondary N) is 1. The van der Waals surface area contributed by atoms with E-state index >= 15 is 0 Å². The van der Waals surface area contributed by atoms with Gasteiger partial charge in [0.05, 0.1) is 13.2 Å². The zero-order chi connectivity index (χ0) is 10.9. The second-order valence-electron chi connectivity index (χ2n) is 4.41. The maximum atomic E-state index is 5.64. The summed E-state index contributed by atoms with van der Waals surface area (Å²) in [6.45, 7) is 9.03. The van der Waals surface area contributed by atoms with Crippen LogP contribution in [0.5, 0.6) is 0 Å². The van der Waals surface area contributed by atoms with E-state index in [1.54, 1.807) is 0 Å². The molecule has 0 aromatic carbocycles. The van der Waals surface area contributed by atoms with Crippen molar-refractivity contribution in [1.29, 1.82) is 0 Å². The van der Waals surface area contributed by atoms with Crippen molar-refractivity contribution in [2.24, 2.45) is 5.92 Å². The zero-order valence-electron chi connectivity index (χ0n) is 10.1. The van der Waals surface area contributed by atoms with Gasteiger partial charge in [-0.25, -0.2) is 0 Å². The molecule has 3 nitrogen and oxygen atoms in total. The predicted octanol–water partition coefficient (Wildman–Crippen LogP) is 1.82. The first-order valence-corrected chi connectivity index (χ1v) is 6.21. The van der Waals surface area contributed by atoms with Gasteiger partial charge in [-0.3, -0.25) is 0 Å². The van der Waals surface area contributed by atoms with Crippen LogP contribution >= 0.6 is 0 Å². The highest BCUT2D eigenvalue weighted by Gasteiger charge is 2.15. The van der Waals surface area contributed by atoms with Crippen LogP contribution in [0.4, 0.5) is 0 Å². The van der Waals surface area contributed by atoms with Crippen molar-refractivity contribution in [3.63, 3.8) is 0 Å². The van der Waals surface area contributed by atoms with Crippen LogP contribution in [0, 0.1) is 5.92 Å². The molecule has 1 rings (SSSR count). The van der Waals surface area contributed by atoms with E-state index < -0.39 is 0 Å². The van der Waals surface area contributed by atoms with Crippen molar-refractivity contribution in [3.8, 4) is 0 Å². The summed E-state index contributed by atoms with van der Waals surface area (Å²) in [7, 11) is 0. The predicted molar refractivity (Wildman–Crippen MR) is 62.1 cm³/mol. The molecular weight excluding hydrogens is 190 g/mol. The van der Waals surface area contributed by atoms with E-state index in [1.165, 1.54) is 12.8 Å². The van der Waals surface area contributed by atoms with Gasteiger partial charge in [-0.1, -0.05) is 6.92 Å². The molecule has 0 aromatic heterocycles. The number of rotatable bonds is 8. The van der Waals surface area contributed by atoms with Crippen LogP contribution in [-0.4, -0.2) is 39.0 Å². The van der Waals surface area contributed by atoms with E-state index in [2.05, 4.69) is 19.2 Å². The first kappa shape index (κ1) is 12.9. The molecule has 2 atom stereocenters. The fraction of sp³-hybridized carbons (Fsp3) is 1.00. The Morgan fingerprint density at radius 3 is 3.07 bits per heavy atom. The molecule has 0 bridgehead atoms. The highest BCUT2D eigenvalue weighted by atomic mass is 16.5. The minimum absolute atomic E-state index is 0.619. The average Bonchev–Trinajstić information content (AvgIpc) is 2.70. The number of hydrogen-bond donors (Lipinski definition) is 1. The highest BCUT2D eigenvalue weighted by molar-refractivity contribution is 4.63. The zero-order valence-corrected chi connectivity index (χ0v) is 10.1. The molecule has 0 amide bonds. The van der Waals surface area contributed by atoms with E-state index in [9.17, 15) is 0 Å². The first-order valence-electron chi connectivity index (χ1n) is 6.21. The maximum Gasteiger partial charge on any atom is 0.0517 e. The quantitative estimate of drug-likeness (QED) is 0.626. The van der Waals surface area contributed by atoms with Crippen molar-refractivity contribution in [1.82, 2.24) is 5.32 Å². The molecule has 1 heterocycles. The molecule has 0 aromatic rings. The fourth-order valence-electron chi connectivity index (χ4n) is 1.91. The van der Waals surface area contributed by atoms with Gasteiger partial charge in [0.1, 0.15) is 0 Å². The molecule has 1 aliphatic rings. The lowest BCUT2D eigenvalue weighted by atomic mass is 10.1. The molecule has 15 heavy (non-hydrogen) atoms. The maximum absolute atomic E-state index is 5.64. The molecule has 0 radical (unpaired) electrons. The standard InChI is InChI=1S/C12H25NO2/c1-3-13-11(2)5-4-7-14-9-12-6-8-15-10-12/h11-13H,3-10H2,1-2H3. The van der Waals surface area contributed by atoms with Gasteiger partial charge >= 0.3 is 0 Å². The molecule has 0 aliphatic carbocycles. The summed E-state index contributed by atoms with van der Waals surface area (Å²) < 4.78 is 10.9. The van der Waals surface area contributed by atoms with Crippen LogP contribution in [-0.2, 0) is 9.47 Å². The van der Waals surface area contributed by atoms with E-state index in [0.717, 1.165) is 39.4 Å². The van der Waals surface area contributed by atoms with Gasteiger partial charge in [-0.15, -0.1) is 0 Å². The number of hydrogen-bond acceptors (Lipinski definition) is 3. The van der Waals surface area contributed by atoms with Crippen molar-refractivity contribution < 1.29 is 9.47 Å². The second kappa shape index (κ2) is 8.08. The summed E-state index contributed by atoms with van der Waals surface area (Å²) >= 11 is 0. The lowest BCUT2D eigenvalue weighted by Crippen LogP contribution is -2.25. The Labute approximate surface area is 93.5 Å². The largest absolute Gasteiger partial charge is 0.381 e. The van der Waals surface area contributed by atoms with Gasteiger partial charge in [-0.05, 0) is 32.7 Å². The van der Waals surface area contributed by atoms with Crippen molar-refractivity contribution in [2.45, 2.75) is 39.2 Å². The molecule has 90 valence electrons.